The van der Waals surface area contributed by atoms with Gasteiger partial charge < -0.3 is 0 Å². The topological polar surface area (TPSA) is 17.1 Å². The Morgan fingerprint density at radius 2 is 2.23 bits per heavy atom. The van der Waals surface area contributed by atoms with Crippen LogP contribution in [0.1, 0.15) is 20.8 Å². The van der Waals surface area contributed by atoms with E-state index in [2.05, 4.69) is 11.8 Å². The summed E-state index contributed by atoms with van der Waals surface area (Å²) in [5, 5.41) is 0. The molecule has 0 aliphatic carbocycles. The molecule has 0 bridgehead atoms. The van der Waals surface area contributed by atoms with Crippen molar-refractivity contribution in [3.05, 3.63) is 12.2 Å². The molecule has 0 saturated heterocycles. The van der Waals surface area contributed by atoms with E-state index in [9.17, 15) is 4.79 Å². The fraction of sp³-hybridized carbons (Fsp3) is 0.545. The molecule has 2 heteroatoms. The first-order chi connectivity index (χ1) is 6.18. The highest BCUT2D eigenvalue weighted by atomic mass is 32.2. The lowest BCUT2D eigenvalue weighted by Crippen LogP contribution is -2.01. The van der Waals surface area contributed by atoms with Gasteiger partial charge in [-0.1, -0.05) is 25.8 Å². The van der Waals surface area contributed by atoms with Crippen molar-refractivity contribution >= 4 is 17.5 Å². The molecule has 0 saturated carbocycles. The summed E-state index contributed by atoms with van der Waals surface area (Å²) in [6.07, 6.45) is 3.57. The quantitative estimate of drug-likeness (QED) is 0.382. The maximum atomic E-state index is 11.1. The molecule has 0 spiro atoms. The Bertz CT molecular complexity index is 230. The van der Waals surface area contributed by atoms with Gasteiger partial charge in [0.25, 0.3) is 0 Å². The first kappa shape index (κ1) is 12.3. The summed E-state index contributed by atoms with van der Waals surface area (Å²) >= 11 is 1.72. The molecule has 0 aromatic rings. The van der Waals surface area contributed by atoms with E-state index in [1.165, 1.54) is 0 Å². The average molecular weight is 196 g/mol. The van der Waals surface area contributed by atoms with Crippen LogP contribution in [0.2, 0.25) is 0 Å². The third kappa shape index (κ3) is 7.67. The predicted molar refractivity (Wildman–Crippen MR) is 59.8 cm³/mol. The number of rotatable bonds is 5. The van der Waals surface area contributed by atoms with Gasteiger partial charge >= 0.3 is 0 Å². The Labute approximate surface area is 85.0 Å². The van der Waals surface area contributed by atoms with Gasteiger partial charge in [-0.2, -0.15) is 0 Å². The third-order valence-corrected chi connectivity index (χ3v) is 2.19. The number of allylic oxidation sites excluding steroid dienone is 1. The van der Waals surface area contributed by atoms with Crippen LogP contribution in [0.25, 0.3) is 0 Å². The van der Waals surface area contributed by atoms with E-state index in [4.69, 9.17) is 0 Å². The van der Waals surface area contributed by atoms with Gasteiger partial charge in [0.05, 0.1) is 5.75 Å². The molecule has 1 nitrogen and oxygen atoms in total. The maximum Gasteiger partial charge on any atom is 0.157 e. The molecule has 0 atom stereocenters. The van der Waals surface area contributed by atoms with E-state index in [1.807, 2.05) is 26.8 Å². The zero-order chi connectivity index (χ0) is 10.1. The highest BCUT2D eigenvalue weighted by Crippen LogP contribution is 2.00. The van der Waals surface area contributed by atoms with E-state index in [-0.39, 0.29) is 11.7 Å². The second-order valence-electron chi connectivity index (χ2n) is 2.90. The predicted octanol–water partition coefficient (Wildman–Crippen LogP) is 2.52. The number of ketones is 1. The molecule has 0 aromatic carbocycles. The summed E-state index contributed by atoms with van der Waals surface area (Å²) in [4.78, 5) is 11.1. The lowest BCUT2D eigenvalue weighted by Gasteiger charge is -1.95. The van der Waals surface area contributed by atoms with Crippen molar-refractivity contribution in [1.82, 2.24) is 0 Å². The van der Waals surface area contributed by atoms with Crippen LogP contribution in [0.5, 0.6) is 0 Å². The van der Waals surface area contributed by atoms with E-state index in [0.29, 0.717) is 0 Å². The molecular weight excluding hydrogens is 180 g/mol. The SMILES string of the molecule is CC#CCSC/C=C/C(=O)C(C)C. The van der Waals surface area contributed by atoms with Crippen LogP contribution in [-0.4, -0.2) is 17.3 Å². The Morgan fingerprint density at radius 3 is 2.77 bits per heavy atom. The summed E-state index contributed by atoms with van der Waals surface area (Å²) in [7, 11) is 0. The van der Waals surface area contributed by atoms with Crippen molar-refractivity contribution < 1.29 is 4.79 Å². The van der Waals surface area contributed by atoms with Crippen molar-refractivity contribution in [2.75, 3.05) is 11.5 Å². The molecule has 13 heavy (non-hydrogen) atoms. The van der Waals surface area contributed by atoms with E-state index >= 15 is 0 Å². The van der Waals surface area contributed by atoms with Crippen LogP contribution in [-0.2, 0) is 4.79 Å². The molecule has 0 unspecified atom stereocenters. The van der Waals surface area contributed by atoms with Gasteiger partial charge in [0, 0.05) is 11.7 Å². The van der Waals surface area contributed by atoms with Gasteiger partial charge in [-0.25, -0.2) is 0 Å². The Balaban J connectivity index is 3.50. The van der Waals surface area contributed by atoms with Crippen LogP contribution in [0.15, 0.2) is 12.2 Å². The number of hydrogen-bond acceptors (Lipinski definition) is 2. The molecule has 0 heterocycles. The van der Waals surface area contributed by atoms with Gasteiger partial charge in [0.15, 0.2) is 5.78 Å². The second-order valence-corrected chi connectivity index (χ2v) is 3.93. The van der Waals surface area contributed by atoms with Crippen molar-refractivity contribution in [2.45, 2.75) is 20.8 Å². The monoisotopic (exact) mass is 196 g/mol. The molecule has 0 aromatic heterocycles. The minimum atomic E-state index is 0.108. The molecule has 0 rings (SSSR count). The number of hydrogen-bond donors (Lipinski definition) is 0. The van der Waals surface area contributed by atoms with Crippen LogP contribution < -0.4 is 0 Å². The Morgan fingerprint density at radius 1 is 1.54 bits per heavy atom. The zero-order valence-corrected chi connectivity index (χ0v) is 9.28. The van der Waals surface area contributed by atoms with E-state index in [1.54, 1.807) is 17.8 Å². The second kappa shape index (κ2) is 7.94. The van der Waals surface area contributed by atoms with Gasteiger partial charge in [0.2, 0.25) is 0 Å². The molecule has 0 aliphatic heterocycles. The first-order valence-electron chi connectivity index (χ1n) is 4.36. The summed E-state index contributed by atoms with van der Waals surface area (Å²) in [6.45, 7) is 5.64. The normalized spacial score (nSPS) is 10.2. The van der Waals surface area contributed by atoms with Crippen molar-refractivity contribution in [2.24, 2.45) is 5.92 Å². The molecule has 0 aliphatic rings. The van der Waals surface area contributed by atoms with Crippen molar-refractivity contribution in [1.29, 1.82) is 0 Å². The van der Waals surface area contributed by atoms with Crippen LogP contribution in [0, 0.1) is 17.8 Å². The van der Waals surface area contributed by atoms with Crippen molar-refractivity contribution in [3.63, 3.8) is 0 Å². The summed E-state index contributed by atoms with van der Waals surface area (Å²) < 4.78 is 0. The van der Waals surface area contributed by atoms with Crippen molar-refractivity contribution in [3.8, 4) is 11.8 Å². The van der Waals surface area contributed by atoms with E-state index in [0.717, 1.165) is 11.5 Å². The minimum absolute atomic E-state index is 0.108. The van der Waals surface area contributed by atoms with Gasteiger partial charge in [0.1, 0.15) is 0 Å². The van der Waals surface area contributed by atoms with E-state index < -0.39 is 0 Å². The number of thioether (sulfide) groups is 1. The molecule has 72 valence electrons. The van der Waals surface area contributed by atoms with Crippen LogP contribution in [0.3, 0.4) is 0 Å². The number of carbonyl (C=O) groups excluding carboxylic acids is 1. The summed E-state index contributed by atoms with van der Waals surface area (Å²) in [5.41, 5.74) is 0. The standard InChI is InChI=1S/C11H16OS/c1-4-5-8-13-9-6-7-11(12)10(2)3/h6-7,10H,8-9H2,1-3H3/b7-6+. The van der Waals surface area contributed by atoms with Gasteiger partial charge in [-0.05, 0) is 13.0 Å². The molecule has 0 amide bonds. The number of carbonyl (C=O) groups is 1. The lowest BCUT2D eigenvalue weighted by molar-refractivity contribution is -0.117. The fourth-order valence-corrected chi connectivity index (χ4v) is 1.20. The average Bonchev–Trinajstić information content (AvgIpc) is 2.10. The molecule has 0 N–H and O–H groups in total. The first-order valence-corrected chi connectivity index (χ1v) is 5.51. The largest absolute Gasteiger partial charge is 0.295 e. The van der Waals surface area contributed by atoms with Crippen LogP contribution in [0.4, 0.5) is 0 Å². The third-order valence-electron chi connectivity index (χ3n) is 1.42. The highest BCUT2D eigenvalue weighted by molar-refractivity contribution is 7.99. The zero-order valence-electron chi connectivity index (χ0n) is 8.46. The smallest absolute Gasteiger partial charge is 0.157 e. The molecule has 0 fully saturated rings. The Kier molecular flexibility index (Phi) is 7.53. The maximum absolute atomic E-state index is 11.1. The lowest BCUT2D eigenvalue weighted by atomic mass is 10.1. The minimum Gasteiger partial charge on any atom is -0.295 e. The molecule has 0 radical (unpaired) electrons. The summed E-state index contributed by atoms with van der Waals surface area (Å²) in [5.74, 6) is 7.79. The molecular formula is C11H16OS. The fourth-order valence-electron chi connectivity index (χ4n) is 0.607. The van der Waals surface area contributed by atoms with Crippen LogP contribution >= 0.6 is 11.8 Å². The summed E-state index contributed by atoms with van der Waals surface area (Å²) in [6, 6.07) is 0. The van der Waals surface area contributed by atoms with Gasteiger partial charge in [-0.15, -0.1) is 17.7 Å². The van der Waals surface area contributed by atoms with Gasteiger partial charge in [-0.3, -0.25) is 4.79 Å². The Hall–Kier alpha value is -0.680. The highest BCUT2D eigenvalue weighted by Gasteiger charge is 2.00.